The average molecular weight is 562 g/mol. The van der Waals surface area contributed by atoms with Crippen molar-refractivity contribution in [3.63, 3.8) is 0 Å². The van der Waals surface area contributed by atoms with Crippen molar-refractivity contribution in [3.8, 4) is 28.7 Å². The van der Waals surface area contributed by atoms with Gasteiger partial charge in [0, 0.05) is 32.1 Å². The van der Waals surface area contributed by atoms with E-state index < -0.39 is 24.7 Å². The van der Waals surface area contributed by atoms with Gasteiger partial charge in [-0.25, -0.2) is 19.9 Å². The number of aryl methyl sites for hydroxylation is 2. The molecule has 0 saturated heterocycles. The lowest BCUT2D eigenvalue weighted by atomic mass is 10.1. The zero-order chi connectivity index (χ0) is 28.8. The van der Waals surface area contributed by atoms with Crippen LogP contribution in [0.3, 0.4) is 0 Å². The van der Waals surface area contributed by atoms with Crippen molar-refractivity contribution in [3.05, 3.63) is 71.9 Å². The Kier molecular flexibility index (Phi) is 6.59. The Morgan fingerprint density at radius 2 is 1.68 bits per heavy atom. The first-order valence-corrected chi connectivity index (χ1v) is 11.6. The van der Waals surface area contributed by atoms with Gasteiger partial charge in [0.15, 0.2) is 23.8 Å². The Hall–Kier alpha value is -4.69. The summed E-state index contributed by atoms with van der Waals surface area (Å²) in [5, 5.41) is 8.57. The van der Waals surface area contributed by atoms with Crippen LogP contribution in [0.15, 0.2) is 55.0 Å². The quantitative estimate of drug-likeness (QED) is 0.302. The van der Waals surface area contributed by atoms with Gasteiger partial charge < -0.3 is 13.9 Å². The third-order valence-corrected chi connectivity index (χ3v) is 6.04. The van der Waals surface area contributed by atoms with Crippen molar-refractivity contribution in [2.24, 2.45) is 14.1 Å². The van der Waals surface area contributed by atoms with Crippen molar-refractivity contribution in [1.82, 2.24) is 33.6 Å². The summed E-state index contributed by atoms with van der Waals surface area (Å²) in [6, 6.07) is 9.67. The molecule has 0 spiro atoms. The molecule has 0 atom stereocenters. The van der Waals surface area contributed by atoms with Crippen molar-refractivity contribution in [2.75, 3.05) is 6.61 Å². The molecule has 0 aliphatic carbocycles. The number of hydrogen-bond donors (Lipinski definition) is 1. The minimum Gasteiger partial charge on any atom is -0.467 e. The summed E-state index contributed by atoms with van der Waals surface area (Å²) in [6.07, 6.45) is -5.46. The molecule has 9 nitrogen and oxygen atoms in total. The number of hydrogen-bond acceptors (Lipinski definition) is 6. The Balaban J connectivity index is 1.48. The molecular formula is C25H20F6N8O. The highest BCUT2D eigenvalue weighted by atomic mass is 19.4. The van der Waals surface area contributed by atoms with Gasteiger partial charge in [-0.05, 0) is 17.7 Å². The summed E-state index contributed by atoms with van der Waals surface area (Å²) in [4.78, 5) is 16.4. The molecule has 4 heterocycles. The van der Waals surface area contributed by atoms with Gasteiger partial charge in [-0.2, -0.15) is 26.3 Å². The van der Waals surface area contributed by atoms with Crippen LogP contribution in [0.5, 0.6) is 5.88 Å². The van der Waals surface area contributed by atoms with E-state index in [1.165, 1.54) is 36.1 Å². The largest absolute Gasteiger partial charge is 0.467 e. The number of imidazole rings is 2. The van der Waals surface area contributed by atoms with Crippen LogP contribution >= 0.6 is 0 Å². The Morgan fingerprint density at radius 3 is 2.33 bits per heavy atom. The van der Waals surface area contributed by atoms with Crippen molar-refractivity contribution >= 4 is 11.2 Å². The van der Waals surface area contributed by atoms with Crippen LogP contribution < -0.4 is 10.4 Å². The smallest absolute Gasteiger partial charge is 0.434 e. The molecule has 1 aromatic carbocycles. The minimum absolute atomic E-state index is 0.0581. The maximum atomic E-state index is 13.1. The van der Waals surface area contributed by atoms with E-state index in [-0.39, 0.29) is 35.3 Å². The van der Waals surface area contributed by atoms with Crippen molar-refractivity contribution in [1.29, 1.82) is 5.41 Å². The van der Waals surface area contributed by atoms with E-state index in [9.17, 15) is 26.3 Å². The fourth-order valence-corrected chi connectivity index (χ4v) is 4.12. The fraction of sp³-hybridized carbons (Fsp3) is 0.240. The van der Waals surface area contributed by atoms with Gasteiger partial charge in [-0.1, -0.05) is 24.3 Å². The van der Waals surface area contributed by atoms with Gasteiger partial charge in [0.2, 0.25) is 11.5 Å². The number of rotatable bonds is 6. The third kappa shape index (κ3) is 5.26. The summed E-state index contributed by atoms with van der Waals surface area (Å²) in [7, 11) is 3.12. The predicted octanol–water partition coefficient (Wildman–Crippen LogP) is 4.72. The Bertz CT molecular complexity index is 1750. The van der Waals surface area contributed by atoms with E-state index in [0.717, 1.165) is 11.8 Å². The second kappa shape index (κ2) is 9.81. The number of pyridine rings is 1. The van der Waals surface area contributed by atoms with Gasteiger partial charge in [-0.15, -0.1) is 0 Å². The summed E-state index contributed by atoms with van der Waals surface area (Å²) in [5.74, 6) is -0.0794. The number of benzene rings is 1. The number of alkyl halides is 6. The molecule has 5 aromatic rings. The van der Waals surface area contributed by atoms with Crippen LogP contribution in [0.25, 0.3) is 33.9 Å². The Labute approximate surface area is 221 Å². The molecule has 40 heavy (non-hydrogen) atoms. The second-order valence-electron chi connectivity index (χ2n) is 8.89. The average Bonchev–Trinajstić information content (AvgIpc) is 3.41. The molecule has 1 N–H and O–H groups in total. The monoisotopic (exact) mass is 562 g/mol. The lowest BCUT2D eigenvalue weighted by Crippen LogP contribution is -2.23. The van der Waals surface area contributed by atoms with Gasteiger partial charge in [0.25, 0.3) is 0 Å². The zero-order valence-electron chi connectivity index (χ0n) is 20.9. The van der Waals surface area contributed by atoms with Crippen LogP contribution in [-0.2, 0) is 26.8 Å². The molecule has 0 saturated carbocycles. The van der Waals surface area contributed by atoms with E-state index in [4.69, 9.17) is 10.1 Å². The molecule has 15 heteroatoms. The molecule has 0 amide bonds. The van der Waals surface area contributed by atoms with Crippen LogP contribution in [0.2, 0.25) is 0 Å². The van der Waals surface area contributed by atoms with Gasteiger partial charge >= 0.3 is 12.4 Å². The summed E-state index contributed by atoms with van der Waals surface area (Å²) in [6.45, 7) is -1.36. The maximum Gasteiger partial charge on any atom is 0.434 e. The maximum absolute atomic E-state index is 13.1. The highest BCUT2D eigenvalue weighted by Crippen LogP contribution is 2.31. The van der Waals surface area contributed by atoms with Gasteiger partial charge in [0.05, 0.1) is 18.3 Å². The van der Waals surface area contributed by atoms with E-state index in [2.05, 4.69) is 19.9 Å². The zero-order valence-corrected chi connectivity index (χ0v) is 20.9. The molecular weight excluding hydrogens is 542 g/mol. The SMILES string of the molecule is Cn1cc(C(F)(F)F)nc1-c1ccc(Cn2c(=N)n(C)c3cnc(-c4cccnc4OCC(F)(F)F)nc32)cc1. The van der Waals surface area contributed by atoms with E-state index in [0.29, 0.717) is 16.7 Å². The normalized spacial score (nSPS) is 12.3. The molecule has 208 valence electrons. The highest BCUT2D eigenvalue weighted by Gasteiger charge is 2.34. The fourth-order valence-electron chi connectivity index (χ4n) is 4.12. The summed E-state index contributed by atoms with van der Waals surface area (Å²) < 4.78 is 86.6. The van der Waals surface area contributed by atoms with Crippen LogP contribution in [-0.4, -0.2) is 46.4 Å². The molecule has 0 fully saturated rings. The van der Waals surface area contributed by atoms with E-state index >= 15 is 0 Å². The summed E-state index contributed by atoms with van der Waals surface area (Å²) >= 11 is 0. The van der Waals surface area contributed by atoms with Crippen molar-refractivity contribution < 1.29 is 31.1 Å². The molecule has 0 aliphatic heterocycles. The predicted molar refractivity (Wildman–Crippen MR) is 130 cm³/mol. The lowest BCUT2D eigenvalue weighted by Gasteiger charge is -2.11. The second-order valence-corrected chi connectivity index (χ2v) is 8.89. The number of fused-ring (bicyclic) bond motifs is 1. The highest BCUT2D eigenvalue weighted by molar-refractivity contribution is 5.74. The molecule has 0 unspecified atom stereocenters. The molecule has 4 aromatic heterocycles. The van der Waals surface area contributed by atoms with Gasteiger partial charge in [0.1, 0.15) is 11.3 Å². The molecule has 5 rings (SSSR count). The first-order chi connectivity index (χ1) is 18.8. The standard InChI is InChI=1S/C25H20F6N8O/c1-37-12-18(25(29,30)31)35-20(37)15-7-5-14(6-8-15)11-39-21-17(38(2)23(39)32)10-34-19(36-21)16-4-3-9-33-22(16)40-13-24(26,27)28/h3-10,12,32H,11,13H2,1-2H3. The number of nitrogens with one attached hydrogen (secondary N) is 1. The third-order valence-electron chi connectivity index (χ3n) is 6.04. The van der Waals surface area contributed by atoms with Crippen LogP contribution in [0.1, 0.15) is 11.3 Å². The lowest BCUT2D eigenvalue weighted by molar-refractivity contribution is -0.154. The summed E-state index contributed by atoms with van der Waals surface area (Å²) in [5.41, 5.74) is 1.26. The van der Waals surface area contributed by atoms with Crippen molar-refractivity contribution in [2.45, 2.75) is 18.9 Å². The van der Waals surface area contributed by atoms with Crippen LogP contribution in [0, 0.1) is 5.41 Å². The first-order valence-electron chi connectivity index (χ1n) is 11.6. The molecule has 0 bridgehead atoms. The topological polar surface area (TPSA) is 99.4 Å². The Morgan fingerprint density at radius 1 is 0.950 bits per heavy atom. The number of nitrogens with zero attached hydrogens (tertiary/aromatic N) is 7. The molecule has 0 radical (unpaired) electrons. The van der Waals surface area contributed by atoms with Gasteiger partial charge in [-0.3, -0.25) is 9.98 Å². The molecule has 0 aliphatic rings. The number of aromatic nitrogens is 7. The van der Waals surface area contributed by atoms with E-state index in [1.54, 1.807) is 40.4 Å². The van der Waals surface area contributed by atoms with Crippen LogP contribution in [0.4, 0.5) is 26.3 Å². The van der Waals surface area contributed by atoms with E-state index in [1.807, 2.05) is 0 Å². The minimum atomic E-state index is -4.56. The number of halogens is 6. The number of ether oxygens (including phenoxy) is 1. The first kappa shape index (κ1) is 26.9.